The summed E-state index contributed by atoms with van der Waals surface area (Å²) in [6.07, 6.45) is 0. The molecule has 44 heavy (non-hydrogen) atoms. The molecule has 11 nitrogen and oxygen atoms in total. The standard InChI is InChI=1S/C32H25N9O2S/c33-19-25-26(22-9-5-2-6-10-22)27-28-29(44-32(27)35-30(25)34-20-21-7-3-1-4-8-21)31(37-38-36-28)40-17-15-39(16-18-40)23-11-13-24(14-12-23)41(42)43/h1-14H,15-18,20H2,(H,34,35). The number of non-ortho nitro benzene ring substituents is 1. The zero-order valence-corrected chi connectivity index (χ0v) is 24.2. The van der Waals surface area contributed by atoms with Gasteiger partial charge in [0.1, 0.15) is 32.5 Å². The molecule has 0 amide bonds. The lowest BCUT2D eigenvalue weighted by atomic mass is 9.97. The fourth-order valence-electron chi connectivity index (χ4n) is 5.60. The second-order valence-corrected chi connectivity index (χ2v) is 11.3. The number of thiophene rings is 1. The lowest BCUT2D eigenvalue weighted by Crippen LogP contribution is -2.47. The van der Waals surface area contributed by atoms with Crippen molar-refractivity contribution in [2.45, 2.75) is 6.54 Å². The Bertz CT molecular complexity index is 2020. The van der Waals surface area contributed by atoms with Gasteiger partial charge in [-0.15, -0.1) is 21.5 Å². The third kappa shape index (κ3) is 4.99. The molecule has 0 radical (unpaired) electrons. The molecule has 0 atom stereocenters. The van der Waals surface area contributed by atoms with Crippen LogP contribution < -0.4 is 15.1 Å². The molecule has 0 aliphatic carbocycles. The van der Waals surface area contributed by atoms with Crippen LogP contribution in [-0.4, -0.2) is 51.5 Å². The van der Waals surface area contributed by atoms with E-state index < -0.39 is 0 Å². The Morgan fingerprint density at radius 2 is 1.59 bits per heavy atom. The van der Waals surface area contributed by atoms with Gasteiger partial charge in [0.25, 0.3) is 5.69 Å². The van der Waals surface area contributed by atoms with Crippen LogP contribution in [0.25, 0.3) is 31.6 Å². The van der Waals surface area contributed by atoms with E-state index in [9.17, 15) is 15.4 Å². The van der Waals surface area contributed by atoms with Crippen LogP contribution in [0.5, 0.6) is 0 Å². The van der Waals surface area contributed by atoms with Crippen LogP contribution in [0.4, 0.5) is 23.0 Å². The molecule has 0 bridgehead atoms. The molecule has 0 unspecified atom stereocenters. The quantitative estimate of drug-likeness (QED) is 0.171. The fraction of sp³-hybridized carbons (Fsp3) is 0.156. The van der Waals surface area contributed by atoms with Gasteiger partial charge in [-0.25, -0.2) is 4.98 Å². The molecule has 7 rings (SSSR count). The van der Waals surface area contributed by atoms with Gasteiger partial charge in [0.05, 0.1) is 4.92 Å². The zero-order valence-electron chi connectivity index (χ0n) is 23.4. The summed E-state index contributed by atoms with van der Waals surface area (Å²) in [5.41, 5.74) is 4.90. The second-order valence-electron chi connectivity index (χ2n) is 10.3. The third-order valence-corrected chi connectivity index (χ3v) is 8.85. The highest BCUT2D eigenvalue weighted by atomic mass is 32.1. The van der Waals surface area contributed by atoms with Crippen molar-refractivity contribution >= 4 is 54.8 Å². The number of pyridine rings is 1. The first-order chi connectivity index (χ1) is 21.6. The van der Waals surface area contributed by atoms with Crippen molar-refractivity contribution in [3.05, 3.63) is 106 Å². The average Bonchev–Trinajstić information content (AvgIpc) is 3.46. The van der Waals surface area contributed by atoms with E-state index in [2.05, 4.69) is 36.6 Å². The van der Waals surface area contributed by atoms with Crippen LogP contribution in [0.1, 0.15) is 11.1 Å². The van der Waals surface area contributed by atoms with Gasteiger partial charge in [0, 0.05) is 61.5 Å². The van der Waals surface area contributed by atoms with E-state index in [0.29, 0.717) is 49.6 Å². The molecule has 1 aliphatic heterocycles. The maximum atomic E-state index is 11.1. The molecule has 1 fully saturated rings. The molecule has 216 valence electrons. The van der Waals surface area contributed by atoms with Crippen molar-refractivity contribution in [2.24, 2.45) is 0 Å². The maximum Gasteiger partial charge on any atom is 0.269 e. The molecule has 3 aromatic heterocycles. The topological polar surface area (TPSA) is 137 Å². The van der Waals surface area contributed by atoms with Gasteiger partial charge in [0.15, 0.2) is 5.82 Å². The molecule has 1 N–H and O–H groups in total. The Hall–Kier alpha value is -5.67. The van der Waals surface area contributed by atoms with E-state index >= 15 is 0 Å². The number of rotatable bonds is 7. The summed E-state index contributed by atoms with van der Waals surface area (Å²) in [5.74, 6) is 1.26. The van der Waals surface area contributed by atoms with Gasteiger partial charge >= 0.3 is 0 Å². The minimum absolute atomic E-state index is 0.0769. The summed E-state index contributed by atoms with van der Waals surface area (Å²) in [4.78, 5) is 20.8. The molecule has 0 saturated carbocycles. The summed E-state index contributed by atoms with van der Waals surface area (Å²) in [6.45, 7) is 3.33. The summed E-state index contributed by atoms with van der Waals surface area (Å²) in [6, 6.07) is 28.9. The highest BCUT2D eigenvalue weighted by Gasteiger charge is 2.26. The first-order valence-corrected chi connectivity index (χ1v) is 14.9. The summed E-state index contributed by atoms with van der Waals surface area (Å²) >= 11 is 1.50. The summed E-state index contributed by atoms with van der Waals surface area (Å²) < 4.78 is 0.868. The zero-order chi connectivity index (χ0) is 30.0. The van der Waals surface area contributed by atoms with E-state index in [0.717, 1.165) is 43.1 Å². The predicted octanol–water partition coefficient (Wildman–Crippen LogP) is 6.02. The Morgan fingerprint density at radius 1 is 0.909 bits per heavy atom. The van der Waals surface area contributed by atoms with Crippen molar-refractivity contribution < 1.29 is 4.92 Å². The summed E-state index contributed by atoms with van der Waals surface area (Å²) in [7, 11) is 0. The lowest BCUT2D eigenvalue weighted by Gasteiger charge is -2.36. The SMILES string of the molecule is N#Cc1c(NCc2ccccc2)nc2sc3c(N4CCN(c5ccc([N+](=O)[O-])cc5)CC4)nnnc3c2c1-c1ccccc1. The van der Waals surface area contributed by atoms with Gasteiger partial charge in [-0.2, -0.15) is 5.26 Å². The molecule has 1 aliphatic rings. The Labute approximate surface area is 256 Å². The molecular formula is C32H25N9O2S. The number of benzene rings is 3. The predicted molar refractivity (Wildman–Crippen MR) is 172 cm³/mol. The molecule has 4 heterocycles. The number of fused-ring (bicyclic) bond motifs is 3. The van der Waals surface area contributed by atoms with Gasteiger partial charge in [-0.05, 0) is 28.5 Å². The van der Waals surface area contributed by atoms with Crippen molar-refractivity contribution in [3.63, 3.8) is 0 Å². The number of hydrogen-bond acceptors (Lipinski definition) is 11. The van der Waals surface area contributed by atoms with E-state index in [4.69, 9.17) is 4.98 Å². The number of nitriles is 1. The van der Waals surface area contributed by atoms with Gasteiger partial charge in [-0.1, -0.05) is 60.7 Å². The maximum absolute atomic E-state index is 11.1. The molecule has 0 spiro atoms. The Balaban J connectivity index is 1.27. The Kier molecular flexibility index (Phi) is 7.13. The second kappa shape index (κ2) is 11.5. The van der Waals surface area contributed by atoms with Crippen molar-refractivity contribution in [3.8, 4) is 17.2 Å². The normalized spacial score (nSPS) is 13.2. The fourth-order valence-corrected chi connectivity index (χ4v) is 6.73. The van der Waals surface area contributed by atoms with Gasteiger partial charge < -0.3 is 15.1 Å². The lowest BCUT2D eigenvalue weighted by molar-refractivity contribution is -0.384. The number of nitrogens with one attached hydrogen (secondary N) is 1. The van der Waals surface area contributed by atoms with Crippen LogP contribution in [-0.2, 0) is 6.54 Å². The number of aromatic nitrogens is 4. The molecule has 3 aromatic carbocycles. The van der Waals surface area contributed by atoms with Crippen LogP contribution >= 0.6 is 11.3 Å². The third-order valence-electron chi connectivity index (χ3n) is 7.78. The van der Waals surface area contributed by atoms with Crippen LogP contribution in [0, 0.1) is 21.4 Å². The monoisotopic (exact) mass is 599 g/mol. The van der Waals surface area contributed by atoms with Gasteiger partial charge in [0.2, 0.25) is 0 Å². The van der Waals surface area contributed by atoms with Crippen molar-refractivity contribution in [1.82, 2.24) is 20.4 Å². The first kappa shape index (κ1) is 27.2. The largest absolute Gasteiger partial charge is 0.368 e. The number of hydrogen-bond donors (Lipinski definition) is 1. The molecular weight excluding hydrogens is 574 g/mol. The highest BCUT2D eigenvalue weighted by Crippen LogP contribution is 2.44. The van der Waals surface area contributed by atoms with E-state index in [1.807, 2.05) is 60.7 Å². The van der Waals surface area contributed by atoms with Gasteiger partial charge in [-0.3, -0.25) is 10.1 Å². The number of nitro benzene ring substituents is 1. The molecule has 1 saturated heterocycles. The number of nitrogens with zero attached hydrogens (tertiary/aromatic N) is 8. The van der Waals surface area contributed by atoms with E-state index in [-0.39, 0.29) is 10.6 Å². The minimum Gasteiger partial charge on any atom is -0.368 e. The Morgan fingerprint density at radius 3 is 2.27 bits per heavy atom. The summed E-state index contributed by atoms with van der Waals surface area (Å²) in [5, 5.41) is 38.8. The smallest absolute Gasteiger partial charge is 0.269 e. The van der Waals surface area contributed by atoms with Crippen molar-refractivity contribution in [2.75, 3.05) is 41.3 Å². The van der Waals surface area contributed by atoms with Crippen LogP contribution in [0.15, 0.2) is 84.9 Å². The van der Waals surface area contributed by atoms with Crippen molar-refractivity contribution in [1.29, 1.82) is 5.26 Å². The van der Waals surface area contributed by atoms with E-state index in [1.165, 1.54) is 23.5 Å². The van der Waals surface area contributed by atoms with E-state index in [1.54, 1.807) is 12.1 Å². The van der Waals surface area contributed by atoms with Crippen LogP contribution in [0.3, 0.4) is 0 Å². The highest BCUT2D eigenvalue weighted by molar-refractivity contribution is 7.26. The number of piperazine rings is 1. The minimum atomic E-state index is -0.389. The number of nitro groups is 1. The molecule has 12 heteroatoms. The average molecular weight is 600 g/mol. The molecule has 6 aromatic rings. The first-order valence-electron chi connectivity index (χ1n) is 14.1. The number of anilines is 3. The van der Waals surface area contributed by atoms with Crippen LogP contribution in [0.2, 0.25) is 0 Å².